The second-order valence-electron chi connectivity index (χ2n) is 10.7. The number of thiazole rings is 1. The second-order valence-corrected chi connectivity index (χ2v) is 12.9. The number of aromatic nitrogens is 1. The number of methoxy groups -OCH3 is 1. The molecule has 4 aliphatic rings. The van der Waals surface area contributed by atoms with E-state index in [1.54, 1.807) is 18.7 Å². The topological polar surface area (TPSA) is 106 Å². The molecule has 0 spiro atoms. The summed E-state index contributed by atoms with van der Waals surface area (Å²) >= 11 is 2.86. The van der Waals surface area contributed by atoms with Crippen molar-refractivity contribution in [3.8, 4) is 11.5 Å². The van der Waals surface area contributed by atoms with Gasteiger partial charge in [0.15, 0.2) is 0 Å². The number of hydrogen-bond donors (Lipinski definition) is 1. The molecule has 2 aromatic carbocycles. The number of fused-ring (bicyclic) bond motifs is 9. The number of ether oxygens (including phenoxy) is 2. The summed E-state index contributed by atoms with van der Waals surface area (Å²) in [6, 6.07) is 16.6. The van der Waals surface area contributed by atoms with Gasteiger partial charge in [0.1, 0.15) is 17.5 Å². The molecular weight excluding hydrogens is 536 g/mol. The predicted octanol–water partition coefficient (Wildman–Crippen LogP) is 4.26. The normalized spacial score (nSPS) is 31.0. The Morgan fingerprint density at radius 1 is 1.00 bits per heavy atom. The van der Waals surface area contributed by atoms with Gasteiger partial charge in [0.25, 0.3) is 0 Å². The Balaban J connectivity index is 1.28. The molecule has 2 bridgehead atoms. The number of benzene rings is 2. The van der Waals surface area contributed by atoms with Crippen LogP contribution < -0.4 is 9.61 Å². The molecule has 8 nitrogen and oxygen atoms in total. The van der Waals surface area contributed by atoms with Gasteiger partial charge in [0.05, 0.1) is 24.0 Å². The standard InChI is InChI=1S/C29H26N2O6S2/c1-13(28(34)36-2)31-26(32)21-17-12-18(22(21)27(31)33)23-20(17)19(24-25(38-23)30-29(35)39-24)14-7-6-10-16(11-14)37-15-8-4-3-5-9-15/h3-11,13,17-23H,12H2,1-2H3,(H,30,35). The van der Waals surface area contributed by atoms with Crippen LogP contribution >= 0.6 is 23.1 Å². The van der Waals surface area contributed by atoms with Gasteiger partial charge in [0.2, 0.25) is 11.8 Å². The van der Waals surface area contributed by atoms with Crippen LogP contribution in [0.1, 0.15) is 29.7 Å². The minimum atomic E-state index is -0.949. The number of likely N-dealkylation sites (tertiary alicyclic amines) is 1. The van der Waals surface area contributed by atoms with Crippen LogP contribution in [0, 0.1) is 29.6 Å². The number of thioether (sulfide) groups is 1. The molecule has 1 saturated heterocycles. The number of nitrogens with zero attached hydrogens (tertiary/aromatic N) is 1. The zero-order valence-corrected chi connectivity index (χ0v) is 22.9. The summed E-state index contributed by atoms with van der Waals surface area (Å²) in [5.74, 6) is -0.687. The van der Waals surface area contributed by atoms with Crippen LogP contribution in [0.3, 0.4) is 0 Å². The molecule has 7 rings (SSSR count). The third-order valence-corrected chi connectivity index (χ3v) is 11.5. The Labute approximate surface area is 232 Å². The van der Waals surface area contributed by atoms with Gasteiger partial charge in [-0.2, -0.15) is 0 Å². The van der Waals surface area contributed by atoms with E-state index in [0.717, 1.165) is 32.5 Å². The Hall–Kier alpha value is -3.37. The van der Waals surface area contributed by atoms with E-state index >= 15 is 0 Å². The summed E-state index contributed by atoms with van der Waals surface area (Å²) in [6.07, 6.45) is 0.783. The summed E-state index contributed by atoms with van der Waals surface area (Å²) in [5, 5.41) is 0.925. The van der Waals surface area contributed by atoms with Gasteiger partial charge in [-0.05, 0) is 60.9 Å². The molecule has 2 aliphatic carbocycles. The van der Waals surface area contributed by atoms with Gasteiger partial charge < -0.3 is 14.5 Å². The average Bonchev–Trinajstić information content (AvgIpc) is 3.67. The SMILES string of the molecule is COC(=O)C(C)N1C(=O)C2C3CC(C2C1=O)C1C(c2cccc(Oc4ccccc4)c2)c2sc(=O)[nH]c2SC31. The summed E-state index contributed by atoms with van der Waals surface area (Å²) in [5.41, 5.74) is 1.02. The van der Waals surface area contributed by atoms with E-state index in [4.69, 9.17) is 9.47 Å². The van der Waals surface area contributed by atoms with Gasteiger partial charge in [-0.3, -0.25) is 19.3 Å². The van der Waals surface area contributed by atoms with E-state index in [2.05, 4.69) is 11.1 Å². The van der Waals surface area contributed by atoms with Crippen molar-refractivity contribution in [2.75, 3.05) is 7.11 Å². The number of amides is 2. The largest absolute Gasteiger partial charge is 0.467 e. The van der Waals surface area contributed by atoms with Crippen LogP contribution in [-0.2, 0) is 19.1 Å². The Morgan fingerprint density at radius 2 is 1.72 bits per heavy atom. The molecule has 1 aromatic heterocycles. The first-order valence-corrected chi connectivity index (χ1v) is 14.7. The van der Waals surface area contributed by atoms with Crippen molar-refractivity contribution in [1.82, 2.24) is 9.88 Å². The van der Waals surface area contributed by atoms with E-state index in [1.165, 1.54) is 18.4 Å². The van der Waals surface area contributed by atoms with Crippen LogP contribution in [-0.4, -0.2) is 46.1 Å². The highest BCUT2D eigenvalue weighted by Crippen LogP contribution is 2.68. The van der Waals surface area contributed by atoms with Crippen LogP contribution in [0.15, 0.2) is 64.4 Å². The summed E-state index contributed by atoms with van der Waals surface area (Å²) in [6.45, 7) is 1.55. The van der Waals surface area contributed by atoms with Crippen molar-refractivity contribution in [1.29, 1.82) is 0 Å². The Morgan fingerprint density at radius 3 is 2.46 bits per heavy atom. The number of rotatable bonds is 5. The molecule has 3 heterocycles. The number of carbonyl (C=O) groups is 3. The highest BCUT2D eigenvalue weighted by molar-refractivity contribution is 8.00. The van der Waals surface area contributed by atoms with Gasteiger partial charge in [-0.1, -0.05) is 41.7 Å². The fraction of sp³-hybridized carbons (Fsp3) is 0.379. The number of para-hydroxylation sites is 1. The zero-order chi connectivity index (χ0) is 27.0. The predicted molar refractivity (Wildman–Crippen MR) is 145 cm³/mol. The Kier molecular flexibility index (Phi) is 5.75. The maximum absolute atomic E-state index is 13.7. The minimum absolute atomic E-state index is 0.0101. The number of imide groups is 1. The monoisotopic (exact) mass is 562 g/mol. The molecule has 3 aromatic rings. The highest BCUT2D eigenvalue weighted by Gasteiger charge is 2.70. The molecule has 3 fully saturated rings. The van der Waals surface area contributed by atoms with Gasteiger partial charge in [-0.25, -0.2) is 4.79 Å². The fourth-order valence-corrected chi connectivity index (χ4v) is 10.4. The molecule has 10 heteroatoms. The van der Waals surface area contributed by atoms with Crippen molar-refractivity contribution < 1.29 is 23.9 Å². The number of aromatic amines is 1. The molecule has 1 N–H and O–H groups in total. The van der Waals surface area contributed by atoms with Crippen molar-refractivity contribution in [2.45, 2.75) is 35.6 Å². The summed E-state index contributed by atoms with van der Waals surface area (Å²) in [7, 11) is 1.26. The van der Waals surface area contributed by atoms with Crippen LogP contribution in [0.4, 0.5) is 0 Å². The third kappa shape index (κ3) is 3.64. The lowest BCUT2D eigenvalue weighted by molar-refractivity contribution is -0.156. The summed E-state index contributed by atoms with van der Waals surface area (Å²) < 4.78 is 11.0. The van der Waals surface area contributed by atoms with E-state index in [0.29, 0.717) is 5.75 Å². The van der Waals surface area contributed by atoms with Crippen LogP contribution in [0.5, 0.6) is 11.5 Å². The average molecular weight is 563 g/mol. The fourth-order valence-electron chi connectivity index (χ4n) is 7.47. The van der Waals surface area contributed by atoms with Crippen LogP contribution in [0.25, 0.3) is 0 Å². The first kappa shape index (κ1) is 24.7. The van der Waals surface area contributed by atoms with E-state index in [9.17, 15) is 19.2 Å². The molecule has 39 heavy (non-hydrogen) atoms. The summed E-state index contributed by atoms with van der Waals surface area (Å²) in [4.78, 5) is 57.1. The zero-order valence-electron chi connectivity index (χ0n) is 21.2. The van der Waals surface area contributed by atoms with Crippen molar-refractivity contribution in [2.24, 2.45) is 29.6 Å². The number of esters is 1. The lowest BCUT2D eigenvalue weighted by Gasteiger charge is -2.43. The van der Waals surface area contributed by atoms with Crippen LogP contribution in [0.2, 0.25) is 0 Å². The molecule has 8 atom stereocenters. The van der Waals surface area contributed by atoms with Gasteiger partial charge >= 0.3 is 10.8 Å². The lowest BCUT2D eigenvalue weighted by atomic mass is 9.68. The Bertz CT molecular complexity index is 1550. The van der Waals surface area contributed by atoms with Gasteiger partial charge in [0, 0.05) is 16.0 Å². The maximum atomic E-state index is 13.7. The van der Waals surface area contributed by atoms with Gasteiger partial charge in [-0.15, -0.1) is 11.8 Å². The van der Waals surface area contributed by atoms with Crippen molar-refractivity contribution in [3.05, 3.63) is 74.7 Å². The highest BCUT2D eigenvalue weighted by atomic mass is 32.2. The number of nitrogens with one attached hydrogen (secondary N) is 1. The molecule has 2 amide bonds. The number of hydrogen-bond acceptors (Lipinski definition) is 8. The van der Waals surface area contributed by atoms with Crippen molar-refractivity contribution >= 4 is 40.9 Å². The lowest BCUT2D eigenvalue weighted by Crippen LogP contribution is -2.45. The van der Waals surface area contributed by atoms with E-state index in [1.807, 2.05) is 48.5 Å². The first-order valence-electron chi connectivity index (χ1n) is 13.0. The minimum Gasteiger partial charge on any atom is -0.467 e. The smallest absolute Gasteiger partial charge is 0.328 e. The molecule has 2 aliphatic heterocycles. The molecule has 2 saturated carbocycles. The quantitative estimate of drug-likeness (QED) is 0.366. The third-order valence-electron chi connectivity index (χ3n) is 8.88. The van der Waals surface area contributed by atoms with Crippen molar-refractivity contribution in [3.63, 3.8) is 0 Å². The molecule has 0 radical (unpaired) electrons. The van der Waals surface area contributed by atoms with E-state index in [-0.39, 0.29) is 45.6 Å². The number of carbonyl (C=O) groups excluding carboxylic acids is 3. The first-order chi connectivity index (χ1) is 18.9. The van der Waals surface area contributed by atoms with E-state index < -0.39 is 23.8 Å². The maximum Gasteiger partial charge on any atom is 0.328 e. The second kappa shape index (κ2) is 9.09. The molecule has 8 unspecified atom stereocenters. The molecule has 200 valence electrons. The number of H-pyrrole nitrogens is 1. The molecular formula is C29H26N2O6S2.